The Kier molecular flexibility index (Phi) is 7.10. The largest absolute Gasteiger partial charge is 0.416 e. The smallest absolute Gasteiger partial charge is 0.253 e. The Hall–Kier alpha value is -4.78. The van der Waals surface area contributed by atoms with Crippen LogP contribution in [0.15, 0.2) is 77.6 Å². The summed E-state index contributed by atoms with van der Waals surface area (Å²) in [7, 11) is 1.60. The summed E-state index contributed by atoms with van der Waals surface area (Å²) >= 11 is 0. The van der Waals surface area contributed by atoms with Crippen LogP contribution in [0, 0.1) is 0 Å². The third kappa shape index (κ3) is 5.35. The number of methoxy groups -OCH3 is 1. The standard InChI is InChI=1S/C29H28N8O4/c1-29(2)23-19(27(39-3)41-29)11-12-22(33-23)34-28-31-15-20(26-37-36-25(40-26)18-10-7-13-30-14-18)24(35-28)32-21(16-38)17-8-5-4-6-9-17/h4-15,21,27,38H,16H2,1-3H3,(H2,31,32,33,34,35)/t21-,27?/m1/s1. The maximum atomic E-state index is 10.2. The van der Waals surface area contributed by atoms with Crippen molar-refractivity contribution >= 4 is 17.6 Å². The Morgan fingerprint density at radius 1 is 1.00 bits per heavy atom. The first kappa shape index (κ1) is 26.4. The number of anilines is 3. The molecule has 5 aromatic rings. The molecular formula is C29H28N8O4. The van der Waals surface area contributed by atoms with Gasteiger partial charge in [0, 0.05) is 31.3 Å². The monoisotopic (exact) mass is 552 g/mol. The number of aliphatic hydroxyl groups is 1. The summed E-state index contributed by atoms with van der Waals surface area (Å²) in [5, 5.41) is 25.1. The van der Waals surface area contributed by atoms with Gasteiger partial charge in [0.1, 0.15) is 17.2 Å². The van der Waals surface area contributed by atoms with Crippen molar-refractivity contribution in [2.75, 3.05) is 24.4 Å². The molecule has 12 nitrogen and oxygen atoms in total. The Bertz CT molecular complexity index is 1650. The van der Waals surface area contributed by atoms with Crippen LogP contribution in [-0.2, 0) is 15.1 Å². The lowest BCUT2D eigenvalue weighted by Crippen LogP contribution is -2.18. The van der Waals surface area contributed by atoms with Crippen LogP contribution in [0.1, 0.15) is 43.0 Å². The van der Waals surface area contributed by atoms with Gasteiger partial charge >= 0.3 is 0 Å². The van der Waals surface area contributed by atoms with Crippen molar-refractivity contribution < 1.29 is 19.0 Å². The molecule has 0 fully saturated rings. The van der Waals surface area contributed by atoms with Crippen LogP contribution in [0.25, 0.3) is 22.9 Å². The summed E-state index contributed by atoms with van der Waals surface area (Å²) in [4.78, 5) is 18.1. The maximum Gasteiger partial charge on any atom is 0.253 e. The lowest BCUT2D eigenvalue weighted by atomic mass is 10.0. The van der Waals surface area contributed by atoms with Crippen molar-refractivity contribution in [2.45, 2.75) is 31.8 Å². The zero-order valence-electron chi connectivity index (χ0n) is 22.6. The Balaban J connectivity index is 1.35. The minimum atomic E-state index is -0.626. The van der Waals surface area contributed by atoms with Gasteiger partial charge in [-0.05, 0) is 43.7 Å². The second kappa shape index (κ2) is 11.0. The topological polar surface area (TPSA) is 153 Å². The summed E-state index contributed by atoms with van der Waals surface area (Å²) in [5.74, 6) is 1.72. The second-order valence-corrected chi connectivity index (χ2v) is 9.86. The number of aromatic nitrogens is 6. The Morgan fingerprint density at radius 3 is 2.59 bits per heavy atom. The molecule has 41 heavy (non-hydrogen) atoms. The van der Waals surface area contributed by atoms with Crippen LogP contribution in [0.5, 0.6) is 0 Å². The van der Waals surface area contributed by atoms with Crippen LogP contribution in [0.3, 0.4) is 0 Å². The van der Waals surface area contributed by atoms with Crippen molar-refractivity contribution in [2.24, 2.45) is 0 Å². The molecule has 1 aromatic carbocycles. The fraction of sp³-hybridized carbons (Fsp3) is 0.241. The average Bonchev–Trinajstić information content (AvgIpc) is 3.59. The van der Waals surface area contributed by atoms with E-state index in [2.05, 4.69) is 30.8 Å². The third-order valence-electron chi connectivity index (χ3n) is 6.65. The fourth-order valence-corrected chi connectivity index (χ4v) is 4.62. The molecule has 4 aromatic heterocycles. The van der Waals surface area contributed by atoms with Crippen LogP contribution >= 0.6 is 0 Å². The van der Waals surface area contributed by atoms with E-state index in [0.29, 0.717) is 28.7 Å². The summed E-state index contributed by atoms with van der Waals surface area (Å²) < 4.78 is 17.4. The lowest BCUT2D eigenvalue weighted by molar-refractivity contribution is -0.175. The van der Waals surface area contributed by atoms with Gasteiger partial charge in [0.05, 0.1) is 29.5 Å². The van der Waals surface area contributed by atoms with E-state index in [1.54, 1.807) is 31.8 Å². The minimum Gasteiger partial charge on any atom is -0.416 e. The number of rotatable bonds is 9. The predicted molar refractivity (Wildman–Crippen MR) is 150 cm³/mol. The third-order valence-corrected chi connectivity index (χ3v) is 6.65. The maximum absolute atomic E-state index is 10.2. The zero-order valence-corrected chi connectivity index (χ0v) is 22.6. The van der Waals surface area contributed by atoms with E-state index in [9.17, 15) is 5.11 Å². The van der Waals surface area contributed by atoms with E-state index < -0.39 is 17.9 Å². The number of nitrogens with one attached hydrogen (secondary N) is 2. The van der Waals surface area contributed by atoms with Crippen LogP contribution in [0.4, 0.5) is 17.6 Å². The highest BCUT2D eigenvalue weighted by molar-refractivity contribution is 5.71. The number of hydrogen-bond donors (Lipinski definition) is 3. The normalized spacial score (nSPS) is 16.2. The Morgan fingerprint density at radius 2 is 1.83 bits per heavy atom. The van der Waals surface area contributed by atoms with E-state index in [-0.39, 0.29) is 18.4 Å². The van der Waals surface area contributed by atoms with Gasteiger partial charge in [0.25, 0.3) is 5.89 Å². The van der Waals surface area contributed by atoms with Gasteiger partial charge in [0.15, 0.2) is 6.29 Å². The molecule has 3 N–H and O–H groups in total. The summed E-state index contributed by atoms with van der Waals surface area (Å²) in [6.45, 7) is 3.71. The first-order valence-corrected chi connectivity index (χ1v) is 13.0. The molecule has 0 bridgehead atoms. The molecule has 5 heterocycles. The van der Waals surface area contributed by atoms with E-state index in [1.165, 1.54) is 0 Å². The number of hydrogen-bond acceptors (Lipinski definition) is 12. The molecule has 1 aliphatic rings. The number of aliphatic hydroxyl groups excluding tert-OH is 1. The lowest BCUT2D eigenvalue weighted by Gasteiger charge is -2.20. The molecule has 0 amide bonds. The molecule has 0 spiro atoms. The highest BCUT2D eigenvalue weighted by atomic mass is 16.7. The van der Waals surface area contributed by atoms with Crippen molar-refractivity contribution in [3.63, 3.8) is 0 Å². The van der Waals surface area contributed by atoms with Crippen molar-refractivity contribution in [3.05, 3.63) is 90.0 Å². The molecule has 0 aliphatic carbocycles. The van der Waals surface area contributed by atoms with Gasteiger partial charge in [-0.25, -0.2) is 9.97 Å². The second-order valence-electron chi connectivity index (χ2n) is 9.86. The fourth-order valence-electron chi connectivity index (χ4n) is 4.62. The van der Waals surface area contributed by atoms with Gasteiger partial charge in [-0.15, -0.1) is 10.2 Å². The summed E-state index contributed by atoms with van der Waals surface area (Å²) in [6, 6.07) is 16.5. The van der Waals surface area contributed by atoms with Gasteiger partial charge in [0.2, 0.25) is 11.8 Å². The van der Waals surface area contributed by atoms with Gasteiger partial charge in [-0.2, -0.15) is 4.98 Å². The minimum absolute atomic E-state index is 0.177. The average molecular weight is 553 g/mol. The first-order chi connectivity index (χ1) is 19.9. The van der Waals surface area contributed by atoms with Gasteiger partial charge in [-0.3, -0.25) is 4.98 Å². The highest BCUT2D eigenvalue weighted by Crippen LogP contribution is 2.43. The SMILES string of the molecule is COC1OC(C)(C)c2nc(Nc3ncc(-c4nnc(-c5cccnc5)o4)c(N[C@H](CO)c4ccccc4)n3)ccc21. The number of pyridine rings is 2. The van der Waals surface area contributed by atoms with E-state index in [4.69, 9.17) is 23.9 Å². The van der Waals surface area contributed by atoms with Gasteiger partial charge in [-0.1, -0.05) is 30.3 Å². The van der Waals surface area contributed by atoms with Crippen molar-refractivity contribution in [1.29, 1.82) is 0 Å². The van der Waals surface area contributed by atoms with Crippen molar-refractivity contribution in [3.8, 4) is 22.9 Å². The molecule has 2 atom stereocenters. The molecule has 0 saturated carbocycles. The Labute approximate surface area is 235 Å². The van der Waals surface area contributed by atoms with E-state index in [0.717, 1.165) is 16.8 Å². The molecule has 208 valence electrons. The van der Waals surface area contributed by atoms with Crippen LogP contribution in [0.2, 0.25) is 0 Å². The quantitative estimate of drug-likeness (QED) is 0.230. The zero-order chi connectivity index (χ0) is 28.4. The summed E-state index contributed by atoms with van der Waals surface area (Å²) in [5.41, 5.74) is 3.04. The molecule has 12 heteroatoms. The summed E-state index contributed by atoms with van der Waals surface area (Å²) in [6.07, 6.45) is 4.41. The first-order valence-electron chi connectivity index (χ1n) is 13.0. The number of benzene rings is 1. The number of nitrogens with zero attached hydrogens (tertiary/aromatic N) is 6. The molecule has 1 unspecified atom stereocenters. The number of ether oxygens (including phenoxy) is 2. The highest BCUT2D eigenvalue weighted by Gasteiger charge is 2.39. The van der Waals surface area contributed by atoms with Crippen molar-refractivity contribution in [1.82, 2.24) is 30.1 Å². The molecular weight excluding hydrogens is 524 g/mol. The molecule has 0 saturated heterocycles. The van der Waals surface area contributed by atoms with E-state index in [1.807, 2.05) is 62.4 Å². The molecule has 0 radical (unpaired) electrons. The number of fused-ring (bicyclic) bond motifs is 1. The molecule has 1 aliphatic heterocycles. The molecule has 6 rings (SSSR count). The van der Waals surface area contributed by atoms with Crippen LogP contribution in [-0.4, -0.2) is 49.0 Å². The van der Waals surface area contributed by atoms with Crippen LogP contribution < -0.4 is 10.6 Å². The van der Waals surface area contributed by atoms with E-state index >= 15 is 0 Å². The predicted octanol–water partition coefficient (Wildman–Crippen LogP) is 4.78. The van der Waals surface area contributed by atoms with Gasteiger partial charge < -0.3 is 29.6 Å².